The van der Waals surface area contributed by atoms with Crippen LogP contribution >= 0.6 is 0 Å². The summed E-state index contributed by atoms with van der Waals surface area (Å²) in [4.78, 5) is 28.7. The van der Waals surface area contributed by atoms with E-state index in [0.717, 1.165) is 22.0 Å². The van der Waals surface area contributed by atoms with E-state index >= 15 is 0 Å². The van der Waals surface area contributed by atoms with Gasteiger partial charge in [-0.05, 0) is 23.3 Å². The van der Waals surface area contributed by atoms with E-state index in [1.807, 2.05) is 54.6 Å². The van der Waals surface area contributed by atoms with Crippen molar-refractivity contribution in [3.8, 4) is 11.1 Å². The Morgan fingerprint density at radius 2 is 1.64 bits per heavy atom. The van der Waals surface area contributed by atoms with Crippen molar-refractivity contribution in [2.75, 3.05) is 5.32 Å². The van der Waals surface area contributed by atoms with E-state index in [9.17, 15) is 9.59 Å². The maximum Gasteiger partial charge on any atom is 0.350 e. The summed E-state index contributed by atoms with van der Waals surface area (Å²) in [7, 11) is 0. The number of ether oxygens (including phenoxy) is 2. The highest BCUT2D eigenvalue weighted by molar-refractivity contribution is 6.15. The molecule has 1 fully saturated rings. The van der Waals surface area contributed by atoms with Crippen LogP contribution in [0.1, 0.15) is 13.8 Å². The first-order valence-electron chi connectivity index (χ1n) is 8.81. The lowest BCUT2D eigenvalue weighted by atomic mass is 10.0. The molecule has 0 amide bonds. The molecule has 3 aromatic rings. The van der Waals surface area contributed by atoms with Crippen LogP contribution in [-0.4, -0.2) is 22.7 Å². The lowest BCUT2D eigenvalue weighted by Crippen LogP contribution is -2.42. The Labute approximate surface area is 161 Å². The lowest BCUT2D eigenvalue weighted by Gasteiger charge is -2.29. The Balaban J connectivity index is 1.71. The van der Waals surface area contributed by atoms with E-state index < -0.39 is 17.7 Å². The summed E-state index contributed by atoms with van der Waals surface area (Å²) in [5.41, 5.74) is 3.30. The number of carbonyl (C=O) groups is 2. The zero-order valence-corrected chi connectivity index (χ0v) is 15.4. The van der Waals surface area contributed by atoms with Crippen molar-refractivity contribution in [1.29, 1.82) is 0 Å². The van der Waals surface area contributed by atoms with Crippen molar-refractivity contribution < 1.29 is 19.1 Å². The minimum absolute atomic E-state index is 0.199. The molecule has 6 nitrogen and oxygen atoms in total. The van der Waals surface area contributed by atoms with Crippen molar-refractivity contribution in [1.82, 2.24) is 4.98 Å². The molecule has 1 saturated heterocycles. The molecule has 1 aliphatic rings. The molecule has 28 heavy (non-hydrogen) atoms. The summed E-state index contributed by atoms with van der Waals surface area (Å²) >= 11 is 0. The fraction of sp³-hybridized carbons (Fsp3) is 0.136. The summed E-state index contributed by atoms with van der Waals surface area (Å²) in [6, 6.07) is 17.6. The molecule has 1 aromatic heterocycles. The van der Waals surface area contributed by atoms with Crippen molar-refractivity contribution in [2.24, 2.45) is 0 Å². The maximum absolute atomic E-state index is 12.1. The van der Waals surface area contributed by atoms with E-state index in [2.05, 4.69) is 10.3 Å². The van der Waals surface area contributed by atoms with Gasteiger partial charge in [0.05, 0.1) is 11.2 Å². The van der Waals surface area contributed by atoms with Gasteiger partial charge in [0.1, 0.15) is 0 Å². The first-order chi connectivity index (χ1) is 13.4. The first-order valence-corrected chi connectivity index (χ1v) is 8.81. The van der Waals surface area contributed by atoms with Crippen LogP contribution in [0.15, 0.2) is 72.6 Å². The summed E-state index contributed by atoms with van der Waals surface area (Å²) in [5, 5.41) is 3.95. The second kappa shape index (κ2) is 6.81. The third-order valence-corrected chi connectivity index (χ3v) is 4.34. The van der Waals surface area contributed by atoms with Crippen LogP contribution in [0.3, 0.4) is 0 Å². The third kappa shape index (κ3) is 3.32. The molecule has 1 N–H and O–H groups in total. The first kappa shape index (κ1) is 17.7. The topological polar surface area (TPSA) is 77.5 Å². The average Bonchev–Trinajstić information content (AvgIpc) is 2.67. The van der Waals surface area contributed by atoms with Gasteiger partial charge >= 0.3 is 11.9 Å². The van der Waals surface area contributed by atoms with Gasteiger partial charge in [0, 0.05) is 31.6 Å². The Morgan fingerprint density at radius 1 is 0.929 bits per heavy atom. The highest BCUT2D eigenvalue weighted by atomic mass is 16.7. The number of carbonyl (C=O) groups excluding carboxylic acids is 2. The van der Waals surface area contributed by atoms with Crippen LogP contribution in [0.5, 0.6) is 0 Å². The van der Waals surface area contributed by atoms with Gasteiger partial charge in [-0.25, -0.2) is 9.59 Å². The second-order valence-electron chi connectivity index (χ2n) is 6.81. The van der Waals surface area contributed by atoms with Gasteiger partial charge < -0.3 is 14.8 Å². The number of nitrogens with one attached hydrogen (secondary N) is 1. The molecule has 0 aliphatic carbocycles. The monoisotopic (exact) mass is 374 g/mol. The highest BCUT2D eigenvalue weighted by Crippen LogP contribution is 2.31. The van der Waals surface area contributed by atoms with Crippen molar-refractivity contribution in [2.45, 2.75) is 19.6 Å². The molecule has 6 heteroatoms. The second-order valence-corrected chi connectivity index (χ2v) is 6.81. The average molecular weight is 374 g/mol. The third-order valence-electron chi connectivity index (χ3n) is 4.34. The summed E-state index contributed by atoms with van der Waals surface area (Å²) < 4.78 is 10.2. The van der Waals surface area contributed by atoms with Gasteiger partial charge in [-0.3, -0.25) is 4.98 Å². The van der Waals surface area contributed by atoms with Gasteiger partial charge in [0.2, 0.25) is 0 Å². The van der Waals surface area contributed by atoms with Crippen LogP contribution in [-0.2, 0) is 19.1 Å². The molecule has 0 radical (unpaired) electrons. The number of hydrogen-bond donors (Lipinski definition) is 1. The summed E-state index contributed by atoms with van der Waals surface area (Å²) in [5.74, 6) is -2.73. The minimum Gasteiger partial charge on any atom is -0.419 e. The Hall–Kier alpha value is -3.67. The lowest BCUT2D eigenvalue weighted by molar-refractivity contribution is -0.222. The van der Waals surface area contributed by atoms with Gasteiger partial charge in [-0.15, -0.1) is 0 Å². The molecular weight excluding hydrogens is 356 g/mol. The molecule has 0 bridgehead atoms. The number of esters is 2. The Morgan fingerprint density at radius 3 is 2.36 bits per heavy atom. The van der Waals surface area contributed by atoms with Crippen LogP contribution < -0.4 is 5.32 Å². The molecule has 0 saturated carbocycles. The zero-order valence-electron chi connectivity index (χ0n) is 15.4. The van der Waals surface area contributed by atoms with Crippen LogP contribution in [0.4, 0.5) is 5.69 Å². The van der Waals surface area contributed by atoms with Gasteiger partial charge in [-0.2, -0.15) is 0 Å². The summed E-state index contributed by atoms with van der Waals surface area (Å²) in [6.45, 7) is 3.01. The van der Waals surface area contributed by atoms with Crippen LogP contribution in [0.25, 0.3) is 22.0 Å². The normalized spacial score (nSPS) is 15.7. The molecule has 0 unspecified atom stereocenters. The van der Waals surface area contributed by atoms with E-state index in [1.165, 1.54) is 20.0 Å². The Bertz CT molecular complexity index is 1080. The molecule has 2 heterocycles. The Kier molecular flexibility index (Phi) is 4.31. The number of anilines is 1. The highest BCUT2D eigenvalue weighted by Gasteiger charge is 2.38. The van der Waals surface area contributed by atoms with Crippen molar-refractivity contribution >= 4 is 28.5 Å². The molecule has 140 valence electrons. The molecule has 0 atom stereocenters. The quantitative estimate of drug-likeness (QED) is 0.424. The van der Waals surface area contributed by atoms with E-state index in [0.29, 0.717) is 5.69 Å². The van der Waals surface area contributed by atoms with E-state index in [1.54, 1.807) is 6.20 Å². The number of fused-ring (bicyclic) bond motifs is 1. The van der Waals surface area contributed by atoms with Crippen LogP contribution in [0.2, 0.25) is 0 Å². The van der Waals surface area contributed by atoms with Gasteiger partial charge in [-0.1, -0.05) is 42.5 Å². The number of hydrogen-bond acceptors (Lipinski definition) is 6. The number of rotatable bonds is 3. The zero-order chi connectivity index (χ0) is 19.7. The van der Waals surface area contributed by atoms with E-state index in [-0.39, 0.29) is 5.57 Å². The maximum atomic E-state index is 12.1. The number of pyridine rings is 1. The van der Waals surface area contributed by atoms with Gasteiger partial charge in [0.25, 0.3) is 5.79 Å². The predicted molar refractivity (Wildman–Crippen MR) is 105 cm³/mol. The molecule has 4 rings (SSSR count). The number of cyclic esters (lactones) is 2. The minimum atomic E-state index is -1.27. The molecular formula is C22H18N2O4. The fourth-order valence-electron chi connectivity index (χ4n) is 3.09. The SMILES string of the molecule is CC1(C)OC(=O)C(=CNc2cccc3c(-c4ccccc4)ccnc23)C(=O)O1. The molecule has 1 aliphatic heterocycles. The molecule has 0 spiro atoms. The number of benzene rings is 2. The number of nitrogens with zero attached hydrogens (tertiary/aromatic N) is 1. The van der Waals surface area contributed by atoms with E-state index in [4.69, 9.17) is 9.47 Å². The number of para-hydroxylation sites is 1. The predicted octanol–water partition coefficient (Wildman–Crippen LogP) is 4.03. The standard InChI is InChI=1S/C22H18N2O4/c1-22(2)27-20(25)17(21(26)28-22)13-24-18-10-6-9-16-15(11-12-23-19(16)18)14-7-4-3-5-8-14/h3-13,24H,1-2H3. The smallest absolute Gasteiger partial charge is 0.350 e. The fourth-order valence-corrected chi connectivity index (χ4v) is 3.09. The molecule has 2 aromatic carbocycles. The van der Waals surface area contributed by atoms with Crippen molar-refractivity contribution in [3.63, 3.8) is 0 Å². The van der Waals surface area contributed by atoms with Gasteiger partial charge in [0.15, 0.2) is 5.57 Å². The summed E-state index contributed by atoms with van der Waals surface area (Å²) in [6.07, 6.45) is 3.03. The largest absolute Gasteiger partial charge is 0.419 e. The number of aromatic nitrogens is 1. The van der Waals surface area contributed by atoms with Crippen molar-refractivity contribution in [3.05, 3.63) is 72.6 Å². The van der Waals surface area contributed by atoms with Crippen LogP contribution in [0, 0.1) is 0 Å².